The zero-order valence-corrected chi connectivity index (χ0v) is 22.8. The van der Waals surface area contributed by atoms with Crippen LogP contribution in [0.1, 0.15) is 85.0 Å². The Morgan fingerprint density at radius 3 is 2.50 bits per heavy atom. The molecule has 0 bridgehead atoms. The summed E-state index contributed by atoms with van der Waals surface area (Å²) in [5.74, 6) is 3.55. The van der Waals surface area contributed by atoms with Crippen molar-refractivity contribution in [3.8, 4) is 0 Å². The molecule has 0 radical (unpaired) electrons. The Hall–Kier alpha value is -0.650. The van der Waals surface area contributed by atoms with Gasteiger partial charge in [0.15, 0.2) is 0 Å². The first-order valence-electron chi connectivity index (χ1n) is 14.2. The van der Waals surface area contributed by atoms with E-state index >= 15 is 0 Å². The van der Waals surface area contributed by atoms with Crippen molar-refractivity contribution >= 4 is 5.97 Å². The maximum Gasteiger partial charge on any atom is 0.305 e. The van der Waals surface area contributed by atoms with Crippen LogP contribution in [-0.4, -0.2) is 62.4 Å². The van der Waals surface area contributed by atoms with Crippen molar-refractivity contribution in [2.24, 2.45) is 46.3 Å². The van der Waals surface area contributed by atoms with E-state index in [0.29, 0.717) is 58.8 Å². The van der Waals surface area contributed by atoms with E-state index in [1.54, 1.807) is 0 Å². The SMILES string of the molecule is COC(=O)CC[C@@H](C)[C@H]1CCC2C3C(O)C[C@H]4CC(NCCN(C)C)CC[C@]4(C)C3CC[C@@]21C. The zero-order valence-electron chi connectivity index (χ0n) is 22.8. The van der Waals surface area contributed by atoms with E-state index in [2.05, 4.69) is 45.1 Å². The quantitative estimate of drug-likeness (QED) is 0.496. The first-order chi connectivity index (χ1) is 16.1. The van der Waals surface area contributed by atoms with E-state index < -0.39 is 0 Å². The highest BCUT2D eigenvalue weighted by atomic mass is 16.5. The molecule has 196 valence electrons. The van der Waals surface area contributed by atoms with Crippen LogP contribution in [0.15, 0.2) is 0 Å². The fraction of sp³-hybridized carbons (Fsp3) is 0.966. The predicted octanol–water partition coefficient (Wildman–Crippen LogP) is 4.73. The van der Waals surface area contributed by atoms with Gasteiger partial charge in [-0.3, -0.25) is 4.79 Å². The topological polar surface area (TPSA) is 61.8 Å². The number of likely N-dealkylation sites (N-methyl/N-ethyl adjacent to an activating group) is 1. The molecule has 10 atom stereocenters. The number of nitrogens with zero attached hydrogens (tertiary/aromatic N) is 1. The van der Waals surface area contributed by atoms with Gasteiger partial charge in [-0.15, -0.1) is 0 Å². The molecule has 34 heavy (non-hydrogen) atoms. The van der Waals surface area contributed by atoms with Gasteiger partial charge < -0.3 is 20.1 Å². The Balaban J connectivity index is 1.43. The van der Waals surface area contributed by atoms with Gasteiger partial charge in [0, 0.05) is 25.6 Å². The van der Waals surface area contributed by atoms with Gasteiger partial charge >= 0.3 is 5.97 Å². The summed E-state index contributed by atoms with van der Waals surface area (Å²) >= 11 is 0. The Kier molecular flexibility index (Phi) is 8.06. The summed E-state index contributed by atoms with van der Waals surface area (Å²) in [5.41, 5.74) is 0.700. The first-order valence-corrected chi connectivity index (χ1v) is 14.2. The first kappa shape index (κ1) is 26.4. The summed E-state index contributed by atoms with van der Waals surface area (Å²) < 4.78 is 4.90. The molecule has 0 heterocycles. The highest BCUT2D eigenvalue weighted by Crippen LogP contribution is 2.68. The summed E-state index contributed by atoms with van der Waals surface area (Å²) in [7, 11) is 5.77. The lowest BCUT2D eigenvalue weighted by molar-refractivity contribution is -0.167. The highest BCUT2D eigenvalue weighted by molar-refractivity contribution is 5.69. The standard InChI is InChI=1S/C29H52N2O3/c1-19(7-10-26(33)34-6)22-8-9-23-27-24(12-14-29(22,23)3)28(2)13-11-21(30-15-16-31(4)5)17-20(28)18-25(27)32/h19-25,27,30,32H,7-18H2,1-6H3/t19-,20-,21?,22-,23?,24?,25?,27?,28+,29-/m1/s1. The van der Waals surface area contributed by atoms with E-state index in [-0.39, 0.29) is 12.1 Å². The second-order valence-corrected chi connectivity index (χ2v) is 13.3. The molecule has 4 aliphatic rings. The number of fused-ring (bicyclic) bond motifs is 5. The molecule has 0 aromatic carbocycles. The third-order valence-corrected chi connectivity index (χ3v) is 11.5. The Labute approximate surface area is 208 Å². The van der Waals surface area contributed by atoms with Crippen LogP contribution >= 0.6 is 0 Å². The number of hydrogen-bond donors (Lipinski definition) is 2. The number of carbonyl (C=O) groups is 1. The van der Waals surface area contributed by atoms with Crippen LogP contribution in [0, 0.1) is 46.3 Å². The number of esters is 1. The average molecular weight is 477 g/mol. The molecule has 5 unspecified atom stereocenters. The second kappa shape index (κ2) is 10.4. The van der Waals surface area contributed by atoms with Crippen molar-refractivity contribution in [1.29, 1.82) is 0 Å². The molecule has 5 heteroatoms. The van der Waals surface area contributed by atoms with Crippen molar-refractivity contribution in [1.82, 2.24) is 10.2 Å². The molecular formula is C29H52N2O3. The monoisotopic (exact) mass is 476 g/mol. The largest absolute Gasteiger partial charge is 0.469 e. The lowest BCUT2D eigenvalue weighted by atomic mass is 9.43. The lowest BCUT2D eigenvalue weighted by Crippen LogP contribution is -2.59. The van der Waals surface area contributed by atoms with Crippen LogP contribution in [-0.2, 0) is 9.53 Å². The van der Waals surface area contributed by atoms with Crippen molar-refractivity contribution in [3.05, 3.63) is 0 Å². The number of aliphatic hydroxyl groups excluding tert-OH is 1. The maximum atomic E-state index is 11.7. The third-order valence-electron chi connectivity index (χ3n) is 11.5. The molecule has 4 rings (SSSR count). The number of nitrogens with one attached hydrogen (secondary N) is 1. The third kappa shape index (κ3) is 4.83. The van der Waals surface area contributed by atoms with Gasteiger partial charge in [-0.05, 0) is 118 Å². The van der Waals surface area contributed by atoms with E-state index in [4.69, 9.17) is 4.74 Å². The minimum absolute atomic E-state index is 0.0799. The highest BCUT2D eigenvalue weighted by Gasteiger charge is 2.62. The van der Waals surface area contributed by atoms with Gasteiger partial charge in [0.05, 0.1) is 13.2 Å². The van der Waals surface area contributed by atoms with Gasteiger partial charge in [0.1, 0.15) is 0 Å². The van der Waals surface area contributed by atoms with Crippen LogP contribution in [0.4, 0.5) is 0 Å². The molecule has 4 saturated carbocycles. The van der Waals surface area contributed by atoms with Crippen LogP contribution in [0.5, 0.6) is 0 Å². The maximum absolute atomic E-state index is 11.7. The number of aliphatic hydroxyl groups is 1. The van der Waals surface area contributed by atoms with Gasteiger partial charge in [-0.25, -0.2) is 0 Å². The Morgan fingerprint density at radius 2 is 1.79 bits per heavy atom. The van der Waals surface area contributed by atoms with Crippen molar-refractivity contribution in [3.63, 3.8) is 0 Å². The van der Waals surface area contributed by atoms with Crippen LogP contribution in [0.25, 0.3) is 0 Å². The molecular weight excluding hydrogens is 424 g/mol. The predicted molar refractivity (Wildman–Crippen MR) is 137 cm³/mol. The minimum Gasteiger partial charge on any atom is -0.469 e. The number of hydrogen-bond acceptors (Lipinski definition) is 5. The summed E-state index contributed by atoms with van der Waals surface area (Å²) in [6, 6.07) is 0.613. The molecule has 2 N–H and O–H groups in total. The smallest absolute Gasteiger partial charge is 0.305 e. The van der Waals surface area contributed by atoms with Gasteiger partial charge in [0.25, 0.3) is 0 Å². The van der Waals surface area contributed by atoms with Crippen LogP contribution in [0.2, 0.25) is 0 Å². The van der Waals surface area contributed by atoms with E-state index in [1.165, 1.54) is 52.1 Å². The lowest BCUT2D eigenvalue weighted by Gasteiger charge is -2.62. The minimum atomic E-state index is -0.141. The molecule has 4 fully saturated rings. The number of rotatable bonds is 8. The normalized spacial score (nSPS) is 44.8. The Bertz CT molecular complexity index is 713. The summed E-state index contributed by atoms with van der Waals surface area (Å²) in [6.45, 7) is 9.63. The van der Waals surface area contributed by atoms with Crippen LogP contribution < -0.4 is 5.32 Å². The summed E-state index contributed by atoms with van der Waals surface area (Å²) in [5, 5.41) is 15.4. The number of carbonyl (C=O) groups excluding carboxylic acids is 1. The van der Waals surface area contributed by atoms with Crippen molar-refractivity contribution in [2.45, 2.75) is 97.1 Å². The molecule has 0 spiro atoms. The van der Waals surface area contributed by atoms with E-state index in [0.717, 1.165) is 25.9 Å². The summed E-state index contributed by atoms with van der Waals surface area (Å²) in [6.07, 6.45) is 11.3. The van der Waals surface area contributed by atoms with Crippen LogP contribution in [0.3, 0.4) is 0 Å². The van der Waals surface area contributed by atoms with Crippen molar-refractivity contribution in [2.75, 3.05) is 34.3 Å². The molecule has 4 aliphatic carbocycles. The molecule has 0 aliphatic heterocycles. The number of methoxy groups -OCH3 is 1. The fourth-order valence-electron chi connectivity index (χ4n) is 9.52. The number of ether oxygens (including phenoxy) is 1. The van der Waals surface area contributed by atoms with Gasteiger partial charge in [-0.2, -0.15) is 0 Å². The molecule has 0 amide bonds. The fourth-order valence-corrected chi connectivity index (χ4v) is 9.52. The zero-order chi connectivity index (χ0) is 24.7. The summed E-state index contributed by atoms with van der Waals surface area (Å²) in [4.78, 5) is 14.0. The van der Waals surface area contributed by atoms with E-state index in [1.807, 2.05) is 0 Å². The van der Waals surface area contributed by atoms with Gasteiger partial charge in [0.2, 0.25) is 0 Å². The molecule has 0 aromatic heterocycles. The average Bonchev–Trinajstić information content (AvgIpc) is 3.15. The Morgan fingerprint density at radius 1 is 1.09 bits per heavy atom. The van der Waals surface area contributed by atoms with Crippen molar-refractivity contribution < 1.29 is 14.6 Å². The second-order valence-electron chi connectivity index (χ2n) is 13.3. The van der Waals surface area contributed by atoms with E-state index in [9.17, 15) is 9.90 Å². The molecule has 0 saturated heterocycles. The molecule has 0 aromatic rings. The molecule has 5 nitrogen and oxygen atoms in total. The van der Waals surface area contributed by atoms with Gasteiger partial charge in [-0.1, -0.05) is 20.8 Å².